The molecule has 1 aliphatic rings. The first kappa shape index (κ1) is 21.3. The molecule has 9 nitrogen and oxygen atoms in total. The maximum Gasteiger partial charge on any atom is 0.248 e. The molecule has 2 aromatic heterocycles. The third kappa shape index (κ3) is 4.38. The number of nitrogens with zero attached hydrogens (tertiary/aromatic N) is 5. The average molecular weight is 466 g/mol. The molecule has 0 saturated heterocycles. The number of hydrogen-bond acceptors (Lipinski definition) is 9. The number of ether oxygens (including phenoxy) is 3. The van der Waals surface area contributed by atoms with Gasteiger partial charge in [0.15, 0.2) is 11.5 Å². The molecular formula is C23H23N5O4S. The van der Waals surface area contributed by atoms with Gasteiger partial charge in [0.2, 0.25) is 22.7 Å². The Balaban J connectivity index is 1.34. The zero-order valence-corrected chi connectivity index (χ0v) is 19.3. The van der Waals surface area contributed by atoms with E-state index in [0.717, 1.165) is 24.4 Å². The summed E-state index contributed by atoms with van der Waals surface area (Å²) in [6, 6.07) is 13.6. The number of benzene rings is 2. The van der Waals surface area contributed by atoms with Crippen LogP contribution in [0.3, 0.4) is 0 Å². The second-order valence-corrected chi connectivity index (χ2v) is 8.42. The van der Waals surface area contributed by atoms with Gasteiger partial charge in [0.1, 0.15) is 5.82 Å². The van der Waals surface area contributed by atoms with E-state index in [-0.39, 0.29) is 0 Å². The molecule has 10 heteroatoms. The Labute approximate surface area is 195 Å². The number of aromatic nitrogens is 5. The van der Waals surface area contributed by atoms with E-state index < -0.39 is 0 Å². The Morgan fingerprint density at radius 2 is 1.73 bits per heavy atom. The van der Waals surface area contributed by atoms with Crippen molar-refractivity contribution in [3.8, 4) is 34.4 Å². The van der Waals surface area contributed by atoms with Crippen LogP contribution < -0.4 is 14.2 Å². The van der Waals surface area contributed by atoms with Gasteiger partial charge in [-0.15, -0.1) is 15.3 Å². The van der Waals surface area contributed by atoms with Crippen LogP contribution in [0.4, 0.5) is 0 Å². The van der Waals surface area contributed by atoms with Crippen LogP contribution in [0.5, 0.6) is 17.2 Å². The summed E-state index contributed by atoms with van der Waals surface area (Å²) in [5, 5.41) is 13.8. The second kappa shape index (κ2) is 9.14. The summed E-state index contributed by atoms with van der Waals surface area (Å²) >= 11 is 1.47. The van der Waals surface area contributed by atoms with Gasteiger partial charge in [0.25, 0.3) is 0 Å². The van der Waals surface area contributed by atoms with Crippen molar-refractivity contribution in [2.45, 2.75) is 29.7 Å². The first-order valence-corrected chi connectivity index (χ1v) is 11.5. The minimum absolute atomic E-state index is 0.367. The van der Waals surface area contributed by atoms with Crippen molar-refractivity contribution in [2.24, 2.45) is 0 Å². The van der Waals surface area contributed by atoms with Crippen LogP contribution in [-0.4, -0.2) is 46.3 Å². The minimum atomic E-state index is 0.367. The lowest BCUT2D eigenvalue weighted by Gasteiger charge is -2.12. The number of para-hydroxylation sites is 1. The third-order valence-electron chi connectivity index (χ3n) is 5.26. The van der Waals surface area contributed by atoms with Crippen molar-refractivity contribution in [1.82, 2.24) is 25.0 Å². The standard InChI is InChI=1S/C23H23N5O4S/c1-29-17-11-15(12-18(30-2)20(17)31-3)22-26-25-19(32-22)13-33-23-24-21(14-9-10-14)28(27-23)16-7-5-4-6-8-16/h4-8,11-12,14H,9-10,13H2,1-3H3. The van der Waals surface area contributed by atoms with Crippen LogP contribution in [0.2, 0.25) is 0 Å². The molecule has 33 heavy (non-hydrogen) atoms. The van der Waals surface area contributed by atoms with Crippen LogP contribution >= 0.6 is 11.8 Å². The predicted octanol–water partition coefficient (Wildman–Crippen LogP) is 4.51. The summed E-state index contributed by atoms with van der Waals surface area (Å²) in [5.41, 5.74) is 1.69. The van der Waals surface area contributed by atoms with Gasteiger partial charge >= 0.3 is 0 Å². The van der Waals surface area contributed by atoms with Crippen molar-refractivity contribution in [3.63, 3.8) is 0 Å². The third-order valence-corrected chi connectivity index (χ3v) is 6.08. The van der Waals surface area contributed by atoms with E-state index in [1.807, 2.05) is 35.0 Å². The highest BCUT2D eigenvalue weighted by molar-refractivity contribution is 7.98. The largest absolute Gasteiger partial charge is 0.493 e. The molecule has 170 valence electrons. The highest BCUT2D eigenvalue weighted by atomic mass is 32.2. The van der Waals surface area contributed by atoms with Gasteiger partial charge in [-0.25, -0.2) is 9.67 Å². The molecule has 0 spiro atoms. The monoisotopic (exact) mass is 465 g/mol. The summed E-state index contributed by atoms with van der Waals surface area (Å²) in [7, 11) is 4.69. The van der Waals surface area contributed by atoms with Gasteiger partial charge in [-0.1, -0.05) is 30.0 Å². The normalized spacial score (nSPS) is 13.2. The molecule has 0 radical (unpaired) electrons. The van der Waals surface area contributed by atoms with Crippen LogP contribution in [-0.2, 0) is 5.75 Å². The van der Waals surface area contributed by atoms with Crippen molar-refractivity contribution >= 4 is 11.8 Å². The minimum Gasteiger partial charge on any atom is -0.493 e. The molecule has 0 bridgehead atoms. The van der Waals surface area contributed by atoms with Gasteiger partial charge in [0.05, 0.1) is 32.8 Å². The number of methoxy groups -OCH3 is 3. The van der Waals surface area contributed by atoms with Crippen LogP contribution in [0.15, 0.2) is 52.0 Å². The van der Waals surface area contributed by atoms with Crippen LogP contribution in [0, 0.1) is 0 Å². The SMILES string of the molecule is COc1cc(-c2nnc(CSc3nc(C4CC4)n(-c4ccccc4)n3)o2)cc(OC)c1OC. The topological polar surface area (TPSA) is 97.3 Å². The maximum absolute atomic E-state index is 5.89. The van der Waals surface area contributed by atoms with E-state index in [1.165, 1.54) is 11.8 Å². The van der Waals surface area contributed by atoms with Crippen molar-refractivity contribution in [2.75, 3.05) is 21.3 Å². The molecule has 0 amide bonds. The first-order valence-electron chi connectivity index (χ1n) is 10.5. The number of hydrogen-bond donors (Lipinski definition) is 0. The first-order chi connectivity index (χ1) is 16.2. The summed E-state index contributed by atoms with van der Waals surface area (Å²) in [4.78, 5) is 4.77. The molecule has 0 N–H and O–H groups in total. The molecule has 2 heterocycles. The van der Waals surface area contributed by atoms with Gasteiger partial charge in [-0.05, 0) is 37.1 Å². The van der Waals surface area contributed by atoms with Crippen LogP contribution in [0.25, 0.3) is 17.1 Å². The van der Waals surface area contributed by atoms with E-state index in [1.54, 1.807) is 33.5 Å². The summed E-state index contributed by atoms with van der Waals surface area (Å²) in [6.07, 6.45) is 2.30. The van der Waals surface area contributed by atoms with E-state index >= 15 is 0 Å². The van der Waals surface area contributed by atoms with Crippen LogP contribution in [0.1, 0.15) is 30.5 Å². The quantitative estimate of drug-likeness (QED) is 0.331. The van der Waals surface area contributed by atoms with E-state index in [2.05, 4.69) is 10.2 Å². The lowest BCUT2D eigenvalue weighted by atomic mass is 10.2. The Morgan fingerprint density at radius 1 is 1.00 bits per heavy atom. The summed E-state index contributed by atoms with van der Waals surface area (Å²) < 4.78 is 24.0. The molecule has 0 atom stereocenters. The smallest absolute Gasteiger partial charge is 0.248 e. The Hall–Kier alpha value is -3.53. The zero-order valence-electron chi connectivity index (χ0n) is 18.5. The number of rotatable bonds is 9. The fourth-order valence-electron chi connectivity index (χ4n) is 3.49. The van der Waals surface area contributed by atoms with Gasteiger partial charge < -0.3 is 18.6 Å². The molecule has 1 aliphatic carbocycles. The molecule has 0 aliphatic heterocycles. The van der Waals surface area contributed by atoms with Gasteiger partial charge in [-0.2, -0.15) is 0 Å². The fourth-order valence-corrected chi connectivity index (χ4v) is 4.16. The van der Waals surface area contributed by atoms with E-state index in [0.29, 0.717) is 51.4 Å². The van der Waals surface area contributed by atoms with E-state index in [9.17, 15) is 0 Å². The van der Waals surface area contributed by atoms with Gasteiger partial charge in [0, 0.05) is 11.5 Å². The molecular weight excluding hydrogens is 442 g/mol. The molecule has 0 unspecified atom stereocenters. The van der Waals surface area contributed by atoms with Crippen molar-refractivity contribution < 1.29 is 18.6 Å². The Kier molecular flexibility index (Phi) is 5.91. The lowest BCUT2D eigenvalue weighted by Crippen LogP contribution is -2.01. The molecule has 4 aromatic rings. The Morgan fingerprint density at radius 3 is 2.36 bits per heavy atom. The number of thioether (sulfide) groups is 1. The predicted molar refractivity (Wildman–Crippen MR) is 122 cm³/mol. The average Bonchev–Trinajstić information content (AvgIpc) is 3.44. The highest BCUT2D eigenvalue weighted by Crippen LogP contribution is 2.42. The van der Waals surface area contributed by atoms with Gasteiger partial charge in [-0.3, -0.25) is 0 Å². The molecule has 2 aromatic carbocycles. The summed E-state index contributed by atoms with van der Waals surface area (Å²) in [6.45, 7) is 0. The zero-order chi connectivity index (χ0) is 22.8. The lowest BCUT2D eigenvalue weighted by molar-refractivity contribution is 0.324. The van der Waals surface area contributed by atoms with Crippen molar-refractivity contribution in [1.29, 1.82) is 0 Å². The molecule has 5 rings (SSSR count). The summed E-state index contributed by atoms with van der Waals surface area (Å²) in [5.74, 6) is 4.33. The highest BCUT2D eigenvalue weighted by Gasteiger charge is 2.30. The maximum atomic E-state index is 5.89. The molecule has 1 saturated carbocycles. The fraction of sp³-hybridized carbons (Fsp3) is 0.304. The molecule has 1 fully saturated rings. The van der Waals surface area contributed by atoms with Crippen molar-refractivity contribution in [3.05, 3.63) is 54.2 Å². The Bertz CT molecular complexity index is 1230. The van der Waals surface area contributed by atoms with E-state index in [4.69, 9.17) is 28.7 Å². The second-order valence-electron chi connectivity index (χ2n) is 7.48.